The lowest BCUT2D eigenvalue weighted by atomic mass is 10.2. The first-order valence-electron chi connectivity index (χ1n) is 5.71. The van der Waals surface area contributed by atoms with Gasteiger partial charge in [0.1, 0.15) is 5.75 Å². The van der Waals surface area contributed by atoms with Crippen LogP contribution in [0.1, 0.15) is 12.5 Å². The predicted octanol–water partition coefficient (Wildman–Crippen LogP) is 0.932. The molecule has 1 rings (SSSR count). The fourth-order valence-electron chi connectivity index (χ4n) is 1.59. The Hall–Kier alpha value is -1.60. The van der Waals surface area contributed by atoms with Crippen LogP contribution in [0.15, 0.2) is 24.3 Å². The molecule has 0 spiro atoms. The monoisotopic (exact) mass is 287 g/mol. The molecule has 0 atom stereocenters. The smallest absolute Gasteiger partial charge is 0.320 e. The normalized spacial score (nSPS) is 11.5. The highest BCUT2D eigenvalue weighted by atomic mass is 32.2. The van der Waals surface area contributed by atoms with Crippen LogP contribution < -0.4 is 4.74 Å². The van der Waals surface area contributed by atoms with Gasteiger partial charge >= 0.3 is 5.97 Å². The fraction of sp³-hybridized carbons (Fsp3) is 0.417. The molecule has 6 nitrogen and oxygen atoms in total. The van der Waals surface area contributed by atoms with Gasteiger partial charge in [-0.05, 0) is 17.7 Å². The van der Waals surface area contributed by atoms with Crippen LogP contribution in [0.4, 0.5) is 0 Å². The van der Waals surface area contributed by atoms with Gasteiger partial charge in [-0.3, -0.25) is 4.79 Å². The van der Waals surface area contributed by atoms with Gasteiger partial charge in [0.05, 0.1) is 7.11 Å². The van der Waals surface area contributed by atoms with Crippen molar-refractivity contribution in [2.45, 2.75) is 13.5 Å². The summed E-state index contributed by atoms with van der Waals surface area (Å²) in [5, 5.41) is 8.61. The van der Waals surface area contributed by atoms with Crippen molar-refractivity contribution in [1.29, 1.82) is 0 Å². The minimum atomic E-state index is -3.78. The summed E-state index contributed by atoms with van der Waals surface area (Å²) in [6, 6.07) is 6.95. The Balaban J connectivity index is 2.84. The summed E-state index contributed by atoms with van der Waals surface area (Å²) in [5.41, 5.74) is 0.775. The lowest BCUT2D eigenvalue weighted by molar-refractivity contribution is -0.134. The molecular formula is C12H17NO5S. The van der Waals surface area contributed by atoms with E-state index in [1.54, 1.807) is 38.3 Å². The summed E-state index contributed by atoms with van der Waals surface area (Å²) in [6.07, 6.45) is 0. The number of nitrogens with zero attached hydrogens (tertiary/aromatic N) is 1. The van der Waals surface area contributed by atoms with Crippen molar-refractivity contribution < 1.29 is 23.1 Å². The first-order chi connectivity index (χ1) is 8.89. The Kier molecular flexibility index (Phi) is 5.31. The van der Waals surface area contributed by atoms with Gasteiger partial charge in [0.15, 0.2) is 5.75 Å². The van der Waals surface area contributed by atoms with Gasteiger partial charge in [0, 0.05) is 13.1 Å². The highest BCUT2D eigenvalue weighted by Crippen LogP contribution is 2.14. The molecule has 0 aliphatic rings. The van der Waals surface area contributed by atoms with Crippen LogP contribution in [-0.2, 0) is 21.4 Å². The molecule has 0 aliphatic heterocycles. The quantitative estimate of drug-likeness (QED) is 0.806. The molecule has 0 saturated carbocycles. The van der Waals surface area contributed by atoms with E-state index in [0.717, 1.165) is 9.87 Å². The second-order valence-corrected chi connectivity index (χ2v) is 5.89. The first kappa shape index (κ1) is 15.5. The van der Waals surface area contributed by atoms with Crippen molar-refractivity contribution in [3.63, 3.8) is 0 Å². The van der Waals surface area contributed by atoms with E-state index in [1.807, 2.05) is 0 Å². The van der Waals surface area contributed by atoms with Crippen molar-refractivity contribution in [1.82, 2.24) is 4.31 Å². The van der Waals surface area contributed by atoms with Gasteiger partial charge in [-0.1, -0.05) is 19.1 Å². The van der Waals surface area contributed by atoms with E-state index in [4.69, 9.17) is 9.84 Å². The topological polar surface area (TPSA) is 83.9 Å². The van der Waals surface area contributed by atoms with E-state index in [1.165, 1.54) is 0 Å². The summed E-state index contributed by atoms with van der Waals surface area (Å²) in [6.45, 7) is 2.04. The number of rotatable bonds is 7. The molecule has 0 fully saturated rings. The zero-order chi connectivity index (χ0) is 14.5. The average molecular weight is 287 g/mol. The van der Waals surface area contributed by atoms with E-state index in [-0.39, 0.29) is 13.1 Å². The number of ether oxygens (including phenoxy) is 1. The number of carboxylic acids is 1. The number of carboxylic acid groups (broad SMARTS) is 1. The number of hydrogen-bond acceptors (Lipinski definition) is 4. The van der Waals surface area contributed by atoms with Crippen molar-refractivity contribution >= 4 is 16.0 Å². The molecule has 1 aromatic rings. The summed E-state index contributed by atoms with van der Waals surface area (Å²) >= 11 is 0. The average Bonchev–Trinajstić information content (AvgIpc) is 2.34. The third-order valence-electron chi connectivity index (χ3n) is 2.57. The minimum Gasteiger partial charge on any atom is -0.497 e. The summed E-state index contributed by atoms with van der Waals surface area (Å²) in [5.74, 6) is -1.56. The van der Waals surface area contributed by atoms with E-state index < -0.39 is 21.7 Å². The van der Waals surface area contributed by atoms with E-state index >= 15 is 0 Å². The number of hydrogen-bond donors (Lipinski definition) is 1. The molecule has 0 aliphatic carbocycles. The number of methoxy groups -OCH3 is 1. The highest BCUT2D eigenvalue weighted by Gasteiger charge is 2.23. The third kappa shape index (κ3) is 4.53. The molecule has 0 aromatic heterocycles. The molecule has 0 heterocycles. The van der Waals surface area contributed by atoms with Gasteiger partial charge < -0.3 is 9.84 Å². The van der Waals surface area contributed by atoms with Crippen molar-refractivity contribution in [2.24, 2.45) is 0 Å². The minimum absolute atomic E-state index is 0.149. The number of carbonyl (C=O) groups is 1. The lowest BCUT2D eigenvalue weighted by Gasteiger charge is -2.19. The third-order valence-corrected chi connectivity index (χ3v) is 4.36. The number of aliphatic carboxylic acids is 1. The molecular weight excluding hydrogens is 270 g/mol. The molecule has 0 saturated heterocycles. The fourth-order valence-corrected chi connectivity index (χ4v) is 2.82. The van der Waals surface area contributed by atoms with Crippen molar-refractivity contribution in [3.8, 4) is 5.75 Å². The second-order valence-electron chi connectivity index (χ2n) is 3.92. The molecule has 106 valence electrons. The molecule has 1 N–H and O–H groups in total. The Morgan fingerprint density at radius 1 is 1.32 bits per heavy atom. The SMILES string of the molecule is CCN(Cc1ccc(OC)cc1)S(=O)(=O)CC(=O)O. The molecule has 1 aromatic carbocycles. The van der Waals surface area contributed by atoms with E-state index in [0.29, 0.717) is 5.75 Å². The number of sulfonamides is 1. The summed E-state index contributed by atoms with van der Waals surface area (Å²) in [7, 11) is -2.24. The standard InChI is InChI=1S/C12H17NO5S/c1-3-13(19(16,17)9-12(14)15)8-10-4-6-11(18-2)7-5-10/h4-7H,3,8-9H2,1-2H3,(H,14,15). The van der Waals surface area contributed by atoms with Crippen molar-refractivity contribution in [2.75, 3.05) is 19.4 Å². The Morgan fingerprint density at radius 3 is 2.32 bits per heavy atom. The van der Waals surface area contributed by atoms with E-state index in [2.05, 4.69) is 0 Å². The Labute approximate surface area is 112 Å². The van der Waals surface area contributed by atoms with Gasteiger partial charge in [0.25, 0.3) is 0 Å². The number of benzene rings is 1. The maximum Gasteiger partial charge on any atom is 0.320 e. The van der Waals surface area contributed by atoms with Gasteiger partial charge in [-0.25, -0.2) is 8.42 Å². The van der Waals surface area contributed by atoms with Gasteiger partial charge in [-0.2, -0.15) is 4.31 Å². The molecule has 0 amide bonds. The molecule has 0 unspecified atom stereocenters. The summed E-state index contributed by atoms with van der Waals surface area (Å²) in [4.78, 5) is 10.5. The van der Waals surface area contributed by atoms with Gasteiger partial charge in [-0.15, -0.1) is 0 Å². The summed E-state index contributed by atoms with van der Waals surface area (Å²) < 4.78 is 29.8. The molecule has 19 heavy (non-hydrogen) atoms. The first-order valence-corrected chi connectivity index (χ1v) is 7.32. The van der Waals surface area contributed by atoms with Crippen LogP contribution in [0.25, 0.3) is 0 Å². The predicted molar refractivity (Wildman–Crippen MR) is 70.5 cm³/mol. The molecule has 0 bridgehead atoms. The van der Waals surface area contributed by atoms with Crippen LogP contribution in [0.2, 0.25) is 0 Å². The zero-order valence-electron chi connectivity index (χ0n) is 10.9. The van der Waals surface area contributed by atoms with Crippen LogP contribution in [-0.4, -0.2) is 43.2 Å². The maximum absolute atomic E-state index is 11.8. The maximum atomic E-state index is 11.8. The molecule has 0 radical (unpaired) electrons. The highest BCUT2D eigenvalue weighted by molar-refractivity contribution is 7.89. The second kappa shape index (κ2) is 6.53. The van der Waals surface area contributed by atoms with Crippen LogP contribution in [0.5, 0.6) is 5.75 Å². The molecule has 7 heteroatoms. The Bertz CT molecular complexity index is 524. The van der Waals surface area contributed by atoms with Gasteiger partial charge in [0.2, 0.25) is 10.0 Å². The van der Waals surface area contributed by atoms with Crippen LogP contribution in [0.3, 0.4) is 0 Å². The zero-order valence-corrected chi connectivity index (χ0v) is 11.7. The van der Waals surface area contributed by atoms with Crippen LogP contribution in [0, 0.1) is 0 Å². The van der Waals surface area contributed by atoms with Crippen LogP contribution >= 0.6 is 0 Å². The van der Waals surface area contributed by atoms with Crippen molar-refractivity contribution in [3.05, 3.63) is 29.8 Å². The Morgan fingerprint density at radius 2 is 1.89 bits per heavy atom. The largest absolute Gasteiger partial charge is 0.497 e. The lowest BCUT2D eigenvalue weighted by Crippen LogP contribution is -2.34. The van der Waals surface area contributed by atoms with E-state index in [9.17, 15) is 13.2 Å².